The minimum absolute atomic E-state index is 0.797. The van der Waals surface area contributed by atoms with Crippen molar-refractivity contribution in [2.24, 2.45) is 5.92 Å². The molecule has 1 N–H and O–H groups in total. The van der Waals surface area contributed by atoms with Crippen molar-refractivity contribution in [3.05, 3.63) is 34.3 Å². The van der Waals surface area contributed by atoms with E-state index in [0.717, 1.165) is 35.1 Å². The predicted octanol–water partition coefficient (Wildman–Crippen LogP) is 3.78. The highest BCUT2D eigenvalue weighted by atomic mass is 79.9. The van der Waals surface area contributed by atoms with E-state index < -0.39 is 5.97 Å². The maximum Gasteiger partial charge on any atom is 0.328 e. The lowest BCUT2D eigenvalue weighted by Gasteiger charge is -2.19. The summed E-state index contributed by atoms with van der Waals surface area (Å²) >= 11 is 3.51. The van der Waals surface area contributed by atoms with E-state index in [4.69, 9.17) is 5.11 Å². The molecule has 0 spiro atoms. The number of rotatable bonds is 4. The molecule has 3 nitrogen and oxygen atoms in total. The minimum atomic E-state index is -0.929. The standard InChI is InChI=1S/C15H18BrNO2/c1-2-11-7-8-17(10-11)13-5-3-12(14(16)9-13)4-6-15(18)19/h3-6,9,11H,2,7-8,10H2,1H3,(H,18,19)/b6-4+. The van der Waals surface area contributed by atoms with Crippen molar-refractivity contribution in [3.8, 4) is 0 Å². The van der Waals surface area contributed by atoms with Gasteiger partial charge in [-0.15, -0.1) is 0 Å². The summed E-state index contributed by atoms with van der Waals surface area (Å²) in [6.45, 7) is 4.46. The summed E-state index contributed by atoms with van der Waals surface area (Å²) in [6.07, 6.45) is 5.25. The molecule has 4 heteroatoms. The molecule has 1 aliphatic rings. The van der Waals surface area contributed by atoms with Crippen molar-refractivity contribution < 1.29 is 9.90 Å². The SMILES string of the molecule is CCC1CCN(c2ccc(/C=C/C(=O)O)c(Br)c2)C1. The predicted molar refractivity (Wildman–Crippen MR) is 81.4 cm³/mol. The van der Waals surface area contributed by atoms with Gasteiger partial charge in [-0.05, 0) is 36.1 Å². The highest BCUT2D eigenvalue weighted by Gasteiger charge is 2.21. The van der Waals surface area contributed by atoms with Crippen molar-refractivity contribution in [1.29, 1.82) is 0 Å². The molecule has 102 valence electrons. The van der Waals surface area contributed by atoms with E-state index in [0.29, 0.717) is 0 Å². The number of hydrogen-bond donors (Lipinski definition) is 1. The van der Waals surface area contributed by atoms with Gasteiger partial charge in [-0.3, -0.25) is 0 Å². The summed E-state index contributed by atoms with van der Waals surface area (Å²) in [5.74, 6) is -0.133. The van der Waals surface area contributed by atoms with E-state index in [1.54, 1.807) is 6.08 Å². The average Bonchev–Trinajstić information content (AvgIpc) is 2.85. The summed E-state index contributed by atoms with van der Waals surface area (Å²) in [6, 6.07) is 6.09. The monoisotopic (exact) mass is 323 g/mol. The fourth-order valence-electron chi connectivity index (χ4n) is 2.41. The quantitative estimate of drug-likeness (QED) is 0.857. The van der Waals surface area contributed by atoms with Gasteiger partial charge in [0.2, 0.25) is 0 Å². The second-order valence-corrected chi connectivity index (χ2v) is 5.74. The third-order valence-electron chi connectivity index (χ3n) is 3.62. The number of halogens is 1. The van der Waals surface area contributed by atoms with E-state index >= 15 is 0 Å². The molecule has 1 unspecified atom stereocenters. The van der Waals surface area contributed by atoms with Gasteiger partial charge in [0.05, 0.1) is 0 Å². The van der Waals surface area contributed by atoms with Crippen LogP contribution in [0.4, 0.5) is 5.69 Å². The van der Waals surface area contributed by atoms with Crippen molar-refractivity contribution in [2.75, 3.05) is 18.0 Å². The third kappa shape index (κ3) is 3.60. The van der Waals surface area contributed by atoms with Crippen LogP contribution in [0.3, 0.4) is 0 Å². The van der Waals surface area contributed by atoms with Crippen LogP contribution in [0.5, 0.6) is 0 Å². The number of benzene rings is 1. The Hall–Kier alpha value is -1.29. The summed E-state index contributed by atoms with van der Waals surface area (Å²) < 4.78 is 0.933. The molecule has 0 aliphatic carbocycles. The molecule has 1 fully saturated rings. The van der Waals surface area contributed by atoms with Crippen LogP contribution in [0.25, 0.3) is 6.08 Å². The zero-order valence-corrected chi connectivity index (χ0v) is 12.6. The normalized spacial score (nSPS) is 19.3. The van der Waals surface area contributed by atoms with Crippen LogP contribution in [-0.2, 0) is 4.79 Å². The highest BCUT2D eigenvalue weighted by Crippen LogP contribution is 2.29. The molecule has 0 aromatic heterocycles. The Kier molecular flexibility index (Phi) is 4.64. The van der Waals surface area contributed by atoms with E-state index in [1.165, 1.54) is 18.5 Å². The van der Waals surface area contributed by atoms with Crippen molar-refractivity contribution >= 4 is 33.7 Å². The van der Waals surface area contributed by atoms with Crippen molar-refractivity contribution in [1.82, 2.24) is 0 Å². The molecule has 1 heterocycles. The zero-order chi connectivity index (χ0) is 13.8. The maximum atomic E-state index is 10.5. The molecule has 1 saturated heterocycles. The smallest absolute Gasteiger partial charge is 0.328 e. The molecular weight excluding hydrogens is 306 g/mol. The summed E-state index contributed by atoms with van der Waals surface area (Å²) in [5, 5.41) is 8.64. The lowest BCUT2D eigenvalue weighted by Crippen LogP contribution is -2.19. The van der Waals surface area contributed by atoms with Crippen molar-refractivity contribution in [3.63, 3.8) is 0 Å². The fraction of sp³-hybridized carbons (Fsp3) is 0.400. The lowest BCUT2D eigenvalue weighted by atomic mass is 10.1. The highest BCUT2D eigenvalue weighted by molar-refractivity contribution is 9.10. The molecule has 0 radical (unpaired) electrons. The Labute approximate surface area is 122 Å². The van der Waals surface area contributed by atoms with Crippen LogP contribution >= 0.6 is 15.9 Å². The molecule has 1 aliphatic heterocycles. The number of nitrogens with zero attached hydrogens (tertiary/aromatic N) is 1. The van der Waals surface area contributed by atoms with Gasteiger partial charge in [-0.2, -0.15) is 0 Å². The van der Waals surface area contributed by atoms with E-state index in [-0.39, 0.29) is 0 Å². The van der Waals surface area contributed by atoms with E-state index in [9.17, 15) is 4.79 Å². The molecule has 1 atom stereocenters. The van der Waals surface area contributed by atoms with Crippen LogP contribution in [0.2, 0.25) is 0 Å². The topological polar surface area (TPSA) is 40.5 Å². The van der Waals surface area contributed by atoms with Crippen LogP contribution in [0.1, 0.15) is 25.3 Å². The van der Waals surface area contributed by atoms with Crippen LogP contribution in [0.15, 0.2) is 28.7 Å². The van der Waals surface area contributed by atoms with E-state index in [2.05, 4.69) is 39.9 Å². The van der Waals surface area contributed by atoms with Crippen LogP contribution < -0.4 is 4.90 Å². The molecule has 0 bridgehead atoms. The van der Waals surface area contributed by atoms with Gasteiger partial charge in [-0.25, -0.2) is 4.79 Å². The summed E-state index contributed by atoms with van der Waals surface area (Å²) in [5.41, 5.74) is 2.09. The summed E-state index contributed by atoms with van der Waals surface area (Å²) in [7, 11) is 0. The first-order valence-electron chi connectivity index (χ1n) is 6.55. The van der Waals surface area contributed by atoms with Crippen molar-refractivity contribution in [2.45, 2.75) is 19.8 Å². The Morgan fingerprint density at radius 1 is 1.58 bits per heavy atom. The molecule has 1 aromatic carbocycles. The largest absolute Gasteiger partial charge is 0.478 e. The van der Waals surface area contributed by atoms with Crippen LogP contribution in [0, 0.1) is 5.92 Å². The number of aliphatic carboxylic acids is 1. The molecule has 0 amide bonds. The van der Waals surface area contributed by atoms with Gasteiger partial charge in [0.1, 0.15) is 0 Å². The fourth-order valence-corrected chi connectivity index (χ4v) is 2.91. The van der Waals surface area contributed by atoms with Gasteiger partial charge < -0.3 is 10.0 Å². The van der Waals surface area contributed by atoms with Gasteiger partial charge in [-0.1, -0.05) is 35.3 Å². The van der Waals surface area contributed by atoms with E-state index in [1.807, 2.05) is 6.07 Å². The maximum absolute atomic E-state index is 10.5. The van der Waals surface area contributed by atoms with Gasteiger partial charge in [0, 0.05) is 29.3 Å². The van der Waals surface area contributed by atoms with Gasteiger partial charge in [0.25, 0.3) is 0 Å². The summed E-state index contributed by atoms with van der Waals surface area (Å²) in [4.78, 5) is 12.9. The van der Waals surface area contributed by atoms with Gasteiger partial charge >= 0.3 is 5.97 Å². The first-order chi connectivity index (χ1) is 9.10. The minimum Gasteiger partial charge on any atom is -0.478 e. The number of carbonyl (C=O) groups is 1. The first-order valence-corrected chi connectivity index (χ1v) is 7.35. The zero-order valence-electron chi connectivity index (χ0n) is 11.0. The van der Waals surface area contributed by atoms with Crippen LogP contribution in [-0.4, -0.2) is 24.2 Å². The second-order valence-electron chi connectivity index (χ2n) is 4.89. The molecule has 1 aromatic rings. The number of anilines is 1. The number of carboxylic acids is 1. The first kappa shape index (κ1) is 14.1. The van der Waals surface area contributed by atoms with Gasteiger partial charge in [0.15, 0.2) is 0 Å². The molecule has 19 heavy (non-hydrogen) atoms. The third-order valence-corrected chi connectivity index (χ3v) is 4.30. The number of hydrogen-bond acceptors (Lipinski definition) is 2. The number of carboxylic acid groups (broad SMARTS) is 1. The molecule has 0 saturated carbocycles. The second kappa shape index (κ2) is 6.24. The molecular formula is C15H18BrNO2. The average molecular weight is 324 g/mol. The Morgan fingerprint density at radius 3 is 2.95 bits per heavy atom. The molecule has 2 rings (SSSR count). The Balaban J connectivity index is 2.13. The Bertz CT molecular complexity index is 499. The Morgan fingerprint density at radius 2 is 2.37 bits per heavy atom. The lowest BCUT2D eigenvalue weighted by molar-refractivity contribution is -0.131.